The molecule has 4 atom stereocenters. The van der Waals surface area contributed by atoms with E-state index in [9.17, 15) is 9.90 Å². The molecule has 5 rings (SSSR count). The first kappa shape index (κ1) is 22.3. The molecule has 2 aliphatic heterocycles. The van der Waals surface area contributed by atoms with Crippen molar-refractivity contribution in [2.45, 2.75) is 38.5 Å². The Hall–Kier alpha value is -3.49. The largest absolute Gasteiger partial charge is 0.508 e. The number of carbonyl (C=O) groups excluding carboxylic acids is 1. The number of hydrazine groups is 1. The van der Waals surface area contributed by atoms with Gasteiger partial charge in [-0.25, -0.2) is 10.9 Å². The van der Waals surface area contributed by atoms with Crippen molar-refractivity contribution in [1.82, 2.24) is 15.8 Å². The van der Waals surface area contributed by atoms with Gasteiger partial charge in [0.15, 0.2) is 11.5 Å². The lowest BCUT2D eigenvalue weighted by Gasteiger charge is -2.31. The second-order valence-corrected chi connectivity index (χ2v) is 8.72. The summed E-state index contributed by atoms with van der Waals surface area (Å²) in [5, 5.41) is 10.7. The van der Waals surface area contributed by atoms with E-state index in [4.69, 9.17) is 13.9 Å². The number of nitrogens with one attached hydrogen (secondary N) is 2. The molecule has 0 bridgehead atoms. The molecule has 2 saturated heterocycles. The third kappa shape index (κ3) is 3.78. The highest BCUT2D eigenvalue weighted by atomic mass is 16.5. The Morgan fingerprint density at radius 2 is 1.91 bits per heavy atom. The van der Waals surface area contributed by atoms with Gasteiger partial charge in [-0.1, -0.05) is 23.8 Å². The van der Waals surface area contributed by atoms with E-state index in [1.165, 1.54) is 0 Å². The molecule has 0 radical (unpaired) electrons. The fraction of sp³-hybridized carbons (Fsp3) is 0.346. The van der Waals surface area contributed by atoms with Gasteiger partial charge in [-0.2, -0.15) is 0 Å². The van der Waals surface area contributed by atoms with Crippen LogP contribution < -0.4 is 20.3 Å². The van der Waals surface area contributed by atoms with Gasteiger partial charge in [0.25, 0.3) is 0 Å². The van der Waals surface area contributed by atoms with E-state index < -0.39 is 6.04 Å². The quantitative estimate of drug-likeness (QED) is 0.493. The van der Waals surface area contributed by atoms with E-state index in [0.29, 0.717) is 30.4 Å². The molecule has 0 aliphatic carbocycles. The second-order valence-electron chi connectivity index (χ2n) is 8.72. The molecule has 0 spiro atoms. The minimum absolute atomic E-state index is 0.0265. The van der Waals surface area contributed by atoms with Gasteiger partial charge in [0, 0.05) is 11.5 Å². The smallest absolute Gasteiger partial charge is 0.242 e. The molecular formula is C26H29N3O5. The van der Waals surface area contributed by atoms with E-state index in [1.54, 1.807) is 19.4 Å². The minimum atomic E-state index is -0.456. The topological polar surface area (TPSA) is 96.2 Å². The number of aromatic hydroxyl groups is 1. The van der Waals surface area contributed by atoms with Gasteiger partial charge >= 0.3 is 0 Å². The van der Waals surface area contributed by atoms with Crippen molar-refractivity contribution < 1.29 is 23.8 Å². The maximum atomic E-state index is 13.6. The molecule has 3 heterocycles. The summed E-state index contributed by atoms with van der Waals surface area (Å²) in [5.74, 6) is 1.97. The molecule has 34 heavy (non-hydrogen) atoms. The summed E-state index contributed by atoms with van der Waals surface area (Å²) >= 11 is 0. The maximum absolute atomic E-state index is 13.6. The van der Waals surface area contributed by atoms with Crippen molar-refractivity contribution in [3.05, 3.63) is 77.2 Å². The van der Waals surface area contributed by atoms with Gasteiger partial charge in [0.2, 0.25) is 5.91 Å². The van der Waals surface area contributed by atoms with Gasteiger partial charge < -0.3 is 23.9 Å². The summed E-state index contributed by atoms with van der Waals surface area (Å²) in [6, 6.07) is 14.0. The molecule has 3 N–H and O–H groups in total. The summed E-state index contributed by atoms with van der Waals surface area (Å²) in [7, 11) is 1.61. The van der Waals surface area contributed by atoms with Crippen LogP contribution in [-0.4, -0.2) is 35.7 Å². The monoisotopic (exact) mass is 463 g/mol. The zero-order valence-electron chi connectivity index (χ0n) is 19.4. The molecule has 4 unspecified atom stereocenters. The number of aryl methyl sites for hydroxylation is 1. The number of ether oxygens (including phenoxy) is 2. The van der Waals surface area contributed by atoms with Gasteiger partial charge in [-0.15, -0.1) is 0 Å². The highest BCUT2D eigenvalue weighted by Crippen LogP contribution is 2.50. The fourth-order valence-electron chi connectivity index (χ4n) is 5.18. The summed E-state index contributed by atoms with van der Waals surface area (Å²) in [6.45, 7) is 4.77. The number of furan rings is 1. The molecule has 1 amide bonds. The first-order valence-corrected chi connectivity index (χ1v) is 11.5. The number of phenols is 1. The molecule has 2 fully saturated rings. The van der Waals surface area contributed by atoms with Crippen LogP contribution in [0.2, 0.25) is 0 Å². The standard InChI is InChI=1S/C26H29N3O5/c1-4-33-20-10-8-16(13-21(20)32-3)25-22-23(18-12-15(2)7-9-19(18)30)27-28-24(22)26(31)29(25)14-17-6-5-11-34-17/h5-13,22-25,27-28,30H,4,14H2,1-3H3. The summed E-state index contributed by atoms with van der Waals surface area (Å²) < 4.78 is 16.9. The first-order chi connectivity index (χ1) is 16.5. The molecule has 178 valence electrons. The minimum Gasteiger partial charge on any atom is -0.508 e. The van der Waals surface area contributed by atoms with Crippen molar-refractivity contribution in [1.29, 1.82) is 0 Å². The van der Waals surface area contributed by atoms with Gasteiger partial charge in [-0.3, -0.25) is 4.79 Å². The van der Waals surface area contributed by atoms with Crippen molar-refractivity contribution in [2.75, 3.05) is 13.7 Å². The lowest BCUT2D eigenvalue weighted by atomic mass is 9.82. The number of amides is 1. The molecule has 8 heteroatoms. The Morgan fingerprint density at radius 1 is 1.09 bits per heavy atom. The van der Waals surface area contributed by atoms with Crippen molar-refractivity contribution in [2.24, 2.45) is 5.92 Å². The number of likely N-dealkylation sites (tertiary alicyclic amines) is 1. The predicted octanol–water partition coefficient (Wildman–Crippen LogP) is 3.62. The Balaban J connectivity index is 1.60. The molecule has 2 aromatic carbocycles. The van der Waals surface area contributed by atoms with Crippen LogP contribution in [0.15, 0.2) is 59.2 Å². The van der Waals surface area contributed by atoms with Gasteiger partial charge in [0.05, 0.1) is 38.6 Å². The van der Waals surface area contributed by atoms with Crippen LogP contribution in [0.25, 0.3) is 0 Å². The van der Waals surface area contributed by atoms with Gasteiger partial charge in [-0.05, 0) is 49.7 Å². The van der Waals surface area contributed by atoms with Crippen molar-refractivity contribution >= 4 is 5.91 Å². The van der Waals surface area contributed by atoms with Crippen molar-refractivity contribution in [3.8, 4) is 17.2 Å². The molecule has 3 aromatic rings. The molecule has 1 aromatic heterocycles. The average molecular weight is 464 g/mol. The number of nitrogens with zero attached hydrogens (tertiary/aromatic N) is 1. The maximum Gasteiger partial charge on any atom is 0.242 e. The summed E-state index contributed by atoms with van der Waals surface area (Å²) in [6.07, 6.45) is 1.61. The Bertz CT molecular complexity index is 1180. The zero-order valence-corrected chi connectivity index (χ0v) is 19.4. The van der Waals surface area contributed by atoms with Crippen LogP contribution in [0.1, 0.15) is 41.5 Å². The van der Waals surface area contributed by atoms with E-state index in [2.05, 4.69) is 10.9 Å². The molecular weight excluding hydrogens is 434 g/mol. The van der Waals surface area contributed by atoms with Crippen LogP contribution in [0, 0.1) is 12.8 Å². The number of fused-ring (bicyclic) bond motifs is 1. The number of benzene rings is 2. The summed E-state index contributed by atoms with van der Waals surface area (Å²) in [4.78, 5) is 15.5. The Labute approximate surface area is 198 Å². The van der Waals surface area contributed by atoms with E-state index in [1.807, 2.05) is 61.2 Å². The number of hydrogen-bond donors (Lipinski definition) is 3. The average Bonchev–Trinajstić information content (AvgIpc) is 3.56. The van der Waals surface area contributed by atoms with Gasteiger partial charge in [0.1, 0.15) is 17.6 Å². The number of phenolic OH excluding ortho intramolecular Hbond substituents is 1. The molecule has 8 nitrogen and oxygen atoms in total. The van der Waals surface area contributed by atoms with Crippen LogP contribution in [-0.2, 0) is 11.3 Å². The fourth-order valence-corrected chi connectivity index (χ4v) is 5.18. The number of hydrogen-bond acceptors (Lipinski definition) is 7. The Kier molecular flexibility index (Phi) is 5.93. The third-order valence-electron chi connectivity index (χ3n) is 6.67. The highest BCUT2D eigenvalue weighted by Gasteiger charge is 2.56. The summed E-state index contributed by atoms with van der Waals surface area (Å²) in [5.41, 5.74) is 9.19. The van der Waals surface area contributed by atoms with E-state index in [-0.39, 0.29) is 29.7 Å². The van der Waals surface area contributed by atoms with Crippen molar-refractivity contribution in [3.63, 3.8) is 0 Å². The van der Waals surface area contributed by atoms with Crippen LogP contribution in [0.3, 0.4) is 0 Å². The zero-order chi connectivity index (χ0) is 23.8. The predicted molar refractivity (Wildman–Crippen MR) is 125 cm³/mol. The second kappa shape index (κ2) is 9.04. The molecule has 2 aliphatic rings. The SMILES string of the molecule is CCOc1ccc(C2C3C(NNC3c3cc(C)ccc3O)C(=O)N2Cc2ccco2)cc1OC. The third-order valence-corrected chi connectivity index (χ3v) is 6.67. The number of methoxy groups -OCH3 is 1. The number of rotatable bonds is 7. The highest BCUT2D eigenvalue weighted by molar-refractivity contribution is 5.86. The van der Waals surface area contributed by atoms with Crippen LogP contribution in [0.5, 0.6) is 17.2 Å². The first-order valence-electron chi connectivity index (χ1n) is 11.5. The van der Waals surface area contributed by atoms with E-state index >= 15 is 0 Å². The normalized spacial score (nSPS) is 23.9. The lowest BCUT2D eigenvalue weighted by molar-refractivity contribution is -0.131. The van der Waals surface area contributed by atoms with Crippen LogP contribution >= 0.6 is 0 Å². The Morgan fingerprint density at radius 3 is 2.65 bits per heavy atom. The number of carbonyl (C=O) groups is 1. The van der Waals surface area contributed by atoms with E-state index in [0.717, 1.165) is 16.7 Å². The van der Waals surface area contributed by atoms with Crippen LogP contribution in [0.4, 0.5) is 0 Å². The molecule has 0 saturated carbocycles. The lowest BCUT2D eigenvalue weighted by Crippen LogP contribution is -2.41.